The van der Waals surface area contributed by atoms with Crippen LogP contribution in [0.25, 0.3) is 0 Å². The molecule has 0 saturated heterocycles. The van der Waals surface area contributed by atoms with E-state index in [9.17, 15) is 4.79 Å². The third kappa shape index (κ3) is 5.36. The Labute approximate surface area is 111 Å². The molecular weight excluding hydrogens is 228 g/mol. The molecule has 0 aromatic carbocycles. The Bertz CT molecular complexity index is 238. The summed E-state index contributed by atoms with van der Waals surface area (Å²) in [6, 6.07) is 0. The van der Waals surface area contributed by atoms with E-state index in [4.69, 9.17) is 5.11 Å². The van der Waals surface area contributed by atoms with Gasteiger partial charge in [-0.25, -0.2) is 0 Å². The van der Waals surface area contributed by atoms with Crippen molar-refractivity contribution in [2.45, 2.75) is 63.3 Å². The molecule has 4 nitrogen and oxygen atoms in total. The summed E-state index contributed by atoms with van der Waals surface area (Å²) in [5.41, 5.74) is 0.0352. The number of aliphatic hydroxyl groups excluding tert-OH is 1. The van der Waals surface area contributed by atoms with Crippen LogP contribution in [0.15, 0.2) is 0 Å². The van der Waals surface area contributed by atoms with Gasteiger partial charge >= 0.3 is 0 Å². The van der Waals surface area contributed by atoms with Gasteiger partial charge in [0.05, 0.1) is 0 Å². The van der Waals surface area contributed by atoms with Crippen LogP contribution >= 0.6 is 0 Å². The van der Waals surface area contributed by atoms with Gasteiger partial charge in [0.1, 0.15) is 0 Å². The SMILES string of the molecule is CNC1(CC(=O)NCCCCCO)CCCCC1. The van der Waals surface area contributed by atoms with Crippen molar-refractivity contribution in [2.24, 2.45) is 0 Å². The van der Waals surface area contributed by atoms with Gasteiger partial charge in [-0.15, -0.1) is 0 Å². The minimum Gasteiger partial charge on any atom is -0.396 e. The molecule has 0 heterocycles. The molecule has 0 atom stereocenters. The average molecular weight is 256 g/mol. The van der Waals surface area contributed by atoms with Crippen molar-refractivity contribution in [3.05, 3.63) is 0 Å². The van der Waals surface area contributed by atoms with Gasteiger partial charge in [-0.3, -0.25) is 4.79 Å². The zero-order valence-electron chi connectivity index (χ0n) is 11.6. The summed E-state index contributed by atoms with van der Waals surface area (Å²) >= 11 is 0. The molecule has 106 valence electrons. The van der Waals surface area contributed by atoms with E-state index in [2.05, 4.69) is 10.6 Å². The highest BCUT2D eigenvalue weighted by molar-refractivity contribution is 5.77. The van der Waals surface area contributed by atoms with Crippen LogP contribution in [-0.2, 0) is 4.79 Å². The van der Waals surface area contributed by atoms with Gasteiger partial charge < -0.3 is 15.7 Å². The van der Waals surface area contributed by atoms with Gasteiger partial charge in [0.2, 0.25) is 5.91 Å². The van der Waals surface area contributed by atoms with Crippen molar-refractivity contribution < 1.29 is 9.90 Å². The lowest BCUT2D eigenvalue weighted by Crippen LogP contribution is -2.48. The summed E-state index contributed by atoms with van der Waals surface area (Å²) in [5, 5.41) is 15.0. The van der Waals surface area contributed by atoms with Gasteiger partial charge in [0.25, 0.3) is 0 Å². The molecular formula is C14H28N2O2. The standard InChI is InChI=1S/C14H28N2O2/c1-15-14(8-4-2-5-9-14)12-13(18)16-10-6-3-7-11-17/h15,17H,2-12H2,1H3,(H,16,18). The zero-order chi connectivity index (χ0) is 13.3. The van der Waals surface area contributed by atoms with E-state index in [1.807, 2.05) is 7.05 Å². The van der Waals surface area contributed by atoms with E-state index >= 15 is 0 Å². The number of hydrogen-bond acceptors (Lipinski definition) is 3. The highest BCUT2D eigenvalue weighted by atomic mass is 16.2. The molecule has 0 spiro atoms. The molecule has 3 N–H and O–H groups in total. The Morgan fingerprint density at radius 2 is 1.89 bits per heavy atom. The summed E-state index contributed by atoms with van der Waals surface area (Å²) in [6.45, 7) is 0.982. The van der Waals surface area contributed by atoms with Crippen molar-refractivity contribution in [3.8, 4) is 0 Å². The van der Waals surface area contributed by atoms with Crippen molar-refractivity contribution in [1.29, 1.82) is 0 Å². The number of rotatable bonds is 8. The molecule has 0 aromatic heterocycles. The van der Waals surface area contributed by atoms with E-state index in [1.54, 1.807) is 0 Å². The minimum atomic E-state index is 0.0352. The number of carbonyl (C=O) groups is 1. The average Bonchev–Trinajstić information content (AvgIpc) is 2.39. The molecule has 4 heteroatoms. The Morgan fingerprint density at radius 1 is 1.17 bits per heavy atom. The van der Waals surface area contributed by atoms with Crippen LogP contribution in [-0.4, -0.2) is 36.8 Å². The Balaban J connectivity index is 2.20. The van der Waals surface area contributed by atoms with E-state index in [1.165, 1.54) is 19.3 Å². The van der Waals surface area contributed by atoms with Crippen LogP contribution in [0, 0.1) is 0 Å². The van der Waals surface area contributed by atoms with Gasteiger partial charge in [-0.2, -0.15) is 0 Å². The number of aliphatic hydroxyl groups is 1. The summed E-state index contributed by atoms with van der Waals surface area (Å²) < 4.78 is 0. The van der Waals surface area contributed by atoms with Gasteiger partial charge in [-0.1, -0.05) is 19.3 Å². The van der Waals surface area contributed by atoms with Crippen LogP contribution in [0.1, 0.15) is 57.8 Å². The molecule has 0 bridgehead atoms. The molecule has 0 unspecified atom stereocenters. The molecule has 1 amide bonds. The van der Waals surface area contributed by atoms with Gasteiger partial charge in [-0.05, 0) is 39.2 Å². The van der Waals surface area contributed by atoms with E-state index in [0.717, 1.165) is 38.6 Å². The first-order valence-corrected chi connectivity index (χ1v) is 7.29. The first-order valence-electron chi connectivity index (χ1n) is 7.29. The lowest BCUT2D eigenvalue weighted by molar-refractivity contribution is -0.122. The second-order valence-corrected chi connectivity index (χ2v) is 5.40. The maximum absolute atomic E-state index is 11.9. The Kier molecular flexibility index (Phi) is 7.28. The second kappa shape index (κ2) is 8.48. The molecule has 1 saturated carbocycles. The van der Waals surface area contributed by atoms with Crippen molar-refractivity contribution in [3.63, 3.8) is 0 Å². The first-order chi connectivity index (χ1) is 8.72. The molecule has 1 fully saturated rings. The molecule has 0 radical (unpaired) electrons. The highest BCUT2D eigenvalue weighted by Crippen LogP contribution is 2.30. The number of unbranched alkanes of at least 4 members (excludes halogenated alkanes) is 2. The summed E-state index contributed by atoms with van der Waals surface area (Å²) in [5.74, 6) is 0.162. The van der Waals surface area contributed by atoms with Crippen molar-refractivity contribution >= 4 is 5.91 Å². The van der Waals surface area contributed by atoms with Crippen LogP contribution in [0.2, 0.25) is 0 Å². The van der Waals surface area contributed by atoms with E-state index in [-0.39, 0.29) is 18.1 Å². The Hall–Kier alpha value is -0.610. The number of carbonyl (C=O) groups excluding carboxylic acids is 1. The van der Waals surface area contributed by atoms with E-state index < -0.39 is 0 Å². The smallest absolute Gasteiger partial charge is 0.221 e. The Morgan fingerprint density at radius 3 is 2.50 bits per heavy atom. The van der Waals surface area contributed by atoms with Crippen LogP contribution in [0.3, 0.4) is 0 Å². The fourth-order valence-corrected chi connectivity index (χ4v) is 2.75. The number of amides is 1. The lowest BCUT2D eigenvalue weighted by Gasteiger charge is -2.36. The molecule has 1 aliphatic rings. The summed E-state index contributed by atoms with van der Waals surface area (Å²) in [6.07, 6.45) is 9.34. The predicted molar refractivity (Wildman–Crippen MR) is 73.4 cm³/mol. The van der Waals surface area contributed by atoms with E-state index in [0.29, 0.717) is 6.42 Å². The second-order valence-electron chi connectivity index (χ2n) is 5.40. The molecule has 0 aliphatic heterocycles. The molecule has 0 aromatic rings. The fraction of sp³-hybridized carbons (Fsp3) is 0.929. The zero-order valence-corrected chi connectivity index (χ0v) is 11.6. The van der Waals surface area contributed by atoms with Crippen LogP contribution < -0.4 is 10.6 Å². The third-order valence-electron chi connectivity index (χ3n) is 4.00. The van der Waals surface area contributed by atoms with Crippen molar-refractivity contribution in [2.75, 3.05) is 20.2 Å². The maximum atomic E-state index is 11.9. The van der Waals surface area contributed by atoms with Gasteiger partial charge in [0, 0.05) is 25.1 Å². The minimum absolute atomic E-state index is 0.0352. The van der Waals surface area contributed by atoms with Crippen LogP contribution in [0.4, 0.5) is 0 Å². The van der Waals surface area contributed by atoms with Gasteiger partial charge in [0.15, 0.2) is 0 Å². The first kappa shape index (κ1) is 15.4. The highest BCUT2D eigenvalue weighted by Gasteiger charge is 2.32. The summed E-state index contributed by atoms with van der Waals surface area (Å²) in [7, 11) is 1.97. The lowest BCUT2D eigenvalue weighted by atomic mass is 9.79. The largest absolute Gasteiger partial charge is 0.396 e. The number of nitrogens with one attached hydrogen (secondary N) is 2. The van der Waals surface area contributed by atoms with Crippen LogP contribution in [0.5, 0.6) is 0 Å². The monoisotopic (exact) mass is 256 g/mol. The topological polar surface area (TPSA) is 61.4 Å². The molecule has 18 heavy (non-hydrogen) atoms. The quantitative estimate of drug-likeness (QED) is 0.578. The molecule has 1 aliphatic carbocycles. The number of hydrogen-bond donors (Lipinski definition) is 3. The maximum Gasteiger partial charge on any atom is 0.221 e. The fourth-order valence-electron chi connectivity index (χ4n) is 2.75. The summed E-state index contributed by atoms with van der Waals surface area (Å²) in [4.78, 5) is 11.9. The van der Waals surface area contributed by atoms with Crippen molar-refractivity contribution in [1.82, 2.24) is 10.6 Å². The third-order valence-corrected chi connectivity index (χ3v) is 4.00. The normalized spacial score (nSPS) is 18.6. The predicted octanol–water partition coefficient (Wildman–Crippen LogP) is 1.58. The molecule has 1 rings (SSSR count).